The normalized spacial score (nSPS) is 11.7. The molecular formula is C6H2BrFNNaO4S. The van der Waals surface area contributed by atoms with Crippen LogP contribution < -0.4 is 29.6 Å². The summed E-state index contributed by atoms with van der Waals surface area (Å²) in [6, 6.07) is 1.39. The summed E-state index contributed by atoms with van der Waals surface area (Å²) in [7, 11) is 0. The fourth-order valence-corrected chi connectivity index (χ4v) is 1.92. The van der Waals surface area contributed by atoms with Gasteiger partial charge in [-0.1, -0.05) is 0 Å². The molecule has 1 atom stereocenters. The molecule has 0 N–H and O–H groups in total. The first-order valence-electron chi connectivity index (χ1n) is 3.16. The first-order chi connectivity index (χ1) is 6.43. The molecule has 1 unspecified atom stereocenters. The van der Waals surface area contributed by atoms with Crippen LogP contribution in [0.5, 0.6) is 0 Å². The second kappa shape index (κ2) is 6.02. The van der Waals surface area contributed by atoms with Gasteiger partial charge in [-0.3, -0.25) is 14.3 Å². The number of nitro groups is 1. The zero-order chi connectivity index (χ0) is 10.9. The predicted octanol–water partition coefficient (Wildman–Crippen LogP) is -1.26. The van der Waals surface area contributed by atoms with E-state index in [1.807, 2.05) is 0 Å². The zero-order valence-corrected chi connectivity index (χ0v) is 11.8. The second-order valence-corrected chi connectivity index (χ2v) is 3.99. The van der Waals surface area contributed by atoms with Gasteiger partial charge in [-0.15, -0.1) is 0 Å². The summed E-state index contributed by atoms with van der Waals surface area (Å²) in [6.07, 6.45) is 0. The van der Waals surface area contributed by atoms with Crippen LogP contribution in [0.25, 0.3) is 0 Å². The van der Waals surface area contributed by atoms with Gasteiger partial charge in [-0.05, 0) is 33.1 Å². The van der Waals surface area contributed by atoms with Crippen molar-refractivity contribution in [3.05, 3.63) is 32.5 Å². The molecule has 0 saturated carbocycles. The zero-order valence-electron chi connectivity index (χ0n) is 7.40. The Bertz CT molecular complexity index is 395. The molecule has 0 aliphatic rings. The van der Waals surface area contributed by atoms with Crippen molar-refractivity contribution in [3.8, 4) is 0 Å². The third-order valence-corrected chi connectivity index (χ3v) is 2.99. The van der Waals surface area contributed by atoms with E-state index in [1.165, 1.54) is 0 Å². The van der Waals surface area contributed by atoms with E-state index in [9.17, 15) is 23.3 Å². The molecule has 0 spiro atoms. The molecule has 0 saturated heterocycles. The molecule has 1 aromatic rings. The van der Waals surface area contributed by atoms with Gasteiger partial charge in [0.15, 0.2) is 0 Å². The summed E-state index contributed by atoms with van der Waals surface area (Å²) < 4.78 is 33.9. The summed E-state index contributed by atoms with van der Waals surface area (Å²) in [6.45, 7) is 0. The van der Waals surface area contributed by atoms with Crippen molar-refractivity contribution in [3.63, 3.8) is 0 Å². The van der Waals surface area contributed by atoms with Gasteiger partial charge in [-0.25, -0.2) is 0 Å². The van der Waals surface area contributed by atoms with E-state index in [0.717, 1.165) is 6.07 Å². The third-order valence-electron chi connectivity index (χ3n) is 1.38. The smallest absolute Gasteiger partial charge is 0.768 e. The van der Waals surface area contributed by atoms with E-state index >= 15 is 0 Å². The van der Waals surface area contributed by atoms with Gasteiger partial charge in [0.2, 0.25) is 5.82 Å². The molecular weight excluding hydrogens is 304 g/mol. The van der Waals surface area contributed by atoms with Crippen molar-refractivity contribution in [2.75, 3.05) is 0 Å². The fraction of sp³-hybridized carbons (Fsp3) is 0. The maximum atomic E-state index is 12.9. The number of rotatable bonds is 2. The molecule has 0 amide bonds. The van der Waals surface area contributed by atoms with Gasteiger partial charge in [0.1, 0.15) is 0 Å². The average Bonchev–Trinajstić information content (AvgIpc) is 2.02. The Morgan fingerprint density at radius 1 is 1.47 bits per heavy atom. The van der Waals surface area contributed by atoms with Crippen LogP contribution in [0.4, 0.5) is 10.1 Å². The van der Waals surface area contributed by atoms with E-state index in [0.29, 0.717) is 6.07 Å². The van der Waals surface area contributed by atoms with Crippen LogP contribution in [-0.2, 0) is 11.1 Å². The van der Waals surface area contributed by atoms with Crippen molar-refractivity contribution < 1.29 is 47.6 Å². The van der Waals surface area contributed by atoms with E-state index in [2.05, 4.69) is 15.9 Å². The van der Waals surface area contributed by atoms with Gasteiger partial charge in [0.25, 0.3) is 0 Å². The van der Waals surface area contributed by atoms with Crippen molar-refractivity contribution >= 4 is 32.7 Å². The standard InChI is InChI=1S/C6H3BrFNO4S.Na/c7-3-1-4(8)5(9(10)11)2-6(3)14(12)13;/h1-2H,(H,12,13);/q;+1/p-1. The van der Waals surface area contributed by atoms with Crippen LogP contribution in [-0.4, -0.2) is 13.7 Å². The molecule has 0 aromatic heterocycles. The van der Waals surface area contributed by atoms with Crippen LogP contribution >= 0.6 is 15.9 Å². The Hall–Kier alpha value is 0.140. The van der Waals surface area contributed by atoms with E-state index < -0.39 is 27.5 Å². The molecule has 1 aromatic carbocycles. The van der Waals surface area contributed by atoms with Gasteiger partial charge in [0.05, 0.1) is 4.92 Å². The molecule has 0 heterocycles. The maximum absolute atomic E-state index is 12.9. The van der Waals surface area contributed by atoms with Gasteiger partial charge in [0, 0.05) is 15.4 Å². The van der Waals surface area contributed by atoms with Gasteiger partial charge in [-0.2, -0.15) is 4.39 Å². The number of halogens is 2. The molecule has 15 heavy (non-hydrogen) atoms. The first kappa shape index (κ1) is 15.1. The van der Waals surface area contributed by atoms with Gasteiger partial charge < -0.3 is 4.55 Å². The van der Waals surface area contributed by atoms with E-state index in [-0.39, 0.29) is 38.9 Å². The monoisotopic (exact) mass is 305 g/mol. The summed E-state index contributed by atoms with van der Waals surface area (Å²) in [5, 5.41) is 10.3. The van der Waals surface area contributed by atoms with E-state index in [1.54, 1.807) is 0 Å². The predicted molar refractivity (Wildman–Crippen MR) is 47.9 cm³/mol. The minimum Gasteiger partial charge on any atom is -0.768 e. The molecule has 0 bridgehead atoms. The Morgan fingerprint density at radius 2 is 2.00 bits per heavy atom. The van der Waals surface area contributed by atoms with Crippen molar-refractivity contribution in [2.45, 2.75) is 4.90 Å². The maximum Gasteiger partial charge on any atom is 1.00 e. The largest absolute Gasteiger partial charge is 1.00 e. The van der Waals surface area contributed by atoms with Crippen LogP contribution in [0.2, 0.25) is 0 Å². The molecule has 0 radical (unpaired) electrons. The Kier molecular flexibility index (Phi) is 6.08. The van der Waals surface area contributed by atoms with Crippen LogP contribution in [0, 0.1) is 15.9 Å². The Balaban J connectivity index is 0.00000196. The number of benzene rings is 1. The fourth-order valence-electron chi connectivity index (χ4n) is 0.786. The summed E-state index contributed by atoms with van der Waals surface area (Å²) in [4.78, 5) is 8.92. The Labute approximate surface area is 117 Å². The topological polar surface area (TPSA) is 83.3 Å². The molecule has 9 heteroatoms. The number of hydrogen-bond acceptors (Lipinski definition) is 4. The summed E-state index contributed by atoms with van der Waals surface area (Å²) in [5.41, 5.74) is -0.868. The number of nitro benzene ring substituents is 1. The first-order valence-corrected chi connectivity index (χ1v) is 5.03. The van der Waals surface area contributed by atoms with E-state index in [4.69, 9.17) is 0 Å². The van der Waals surface area contributed by atoms with Crippen molar-refractivity contribution in [2.24, 2.45) is 0 Å². The molecule has 0 aliphatic carbocycles. The van der Waals surface area contributed by atoms with Crippen LogP contribution in [0.1, 0.15) is 0 Å². The molecule has 0 aliphatic heterocycles. The SMILES string of the molecule is O=[N+]([O-])c1cc(S(=O)[O-])c(Br)cc1F.[Na+]. The van der Waals surface area contributed by atoms with Gasteiger partial charge >= 0.3 is 35.2 Å². The summed E-state index contributed by atoms with van der Waals surface area (Å²) >= 11 is 0.132. The minimum absolute atomic E-state index is 0. The molecule has 76 valence electrons. The molecule has 5 nitrogen and oxygen atoms in total. The summed E-state index contributed by atoms with van der Waals surface area (Å²) in [5.74, 6) is -1.09. The third kappa shape index (κ3) is 3.58. The van der Waals surface area contributed by atoms with Crippen LogP contribution in [0.3, 0.4) is 0 Å². The van der Waals surface area contributed by atoms with Crippen molar-refractivity contribution in [1.29, 1.82) is 0 Å². The molecule has 1 rings (SSSR count). The van der Waals surface area contributed by atoms with Crippen molar-refractivity contribution in [1.82, 2.24) is 0 Å². The Morgan fingerprint density at radius 3 is 2.40 bits per heavy atom. The minimum atomic E-state index is -2.64. The molecule has 0 fully saturated rings. The number of nitrogens with zero attached hydrogens (tertiary/aromatic N) is 1. The average molecular weight is 306 g/mol. The number of hydrogen-bond donors (Lipinski definition) is 0. The second-order valence-electron chi connectivity index (χ2n) is 2.23. The quantitative estimate of drug-likeness (QED) is 0.295. The van der Waals surface area contributed by atoms with Crippen LogP contribution in [0.15, 0.2) is 21.5 Å².